The fraction of sp³-hybridized carbons (Fsp3) is 0.280. The molecule has 3 aromatic carbocycles. The minimum Gasteiger partial charge on any atom is -0.336 e. The Balaban J connectivity index is 1.35. The Labute approximate surface area is 194 Å². The first kappa shape index (κ1) is 22.9. The van der Waals surface area contributed by atoms with Crippen LogP contribution in [0, 0.1) is 11.3 Å². The summed E-state index contributed by atoms with van der Waals surface area (Å²) in [5.74, 6) is -0.0961. The fourth-order valence-corrected chi connectivity index (χ4v) is 5.10. The second-order valence-electron chi connectivity index (χ2n) is 8.04. The average Bonchev–Trinajstić information content (AvgIpc) is 2.84. The Kier molecular flexibility index (Phi) is 7.04. The zero-order chi connectivity index (χ0) is 23.3. The van der Waals surface area contributed by atoms with Gasteiger partial charge in [-0.25, -0.2) is 13.1 Å². The number of hydrogen-bond acceptors (Lipinski definition) is 5. The molecule has 1 N–H and O–H groups in total. The molecule has 0 radical (unpaired) electrons. The minimum atomic E-state index is -3.69. The topological polar surface area (TPSA) is 93.5 Å². The van der Waals surface area contributed by atoms with Crippen LogP contribution in [0.2, 0.25) is 0 Å². The van der Waals surface area contributed by atoms with Gasteiger partial charge >= 0.3 is 0 Å². The van der Waals surface area contributed by atoms with Gasteiger partial charge in [0.05, 0.1) is 11.0 Å². The molecule has 1 saturated heterocycles. The van der Waals surface area contributed by atoms with Gasteiger partial charge < -0.3 is 4.90 Å². The number of fused-ring (bicyclic) bond motifs is 1. The third-order valence-corrected chi connectivity index (χ3v) is 7.35. The van der Waals surface area contributed by atoms with Crippen LogP contribution in [0.4, 0.5) is 0 Å². The standard InChI is InChI=1S/C25H26N4O3S/c26-13-4-14-27-33(31,32)23-11-9-21(10-12-23)25(30)29-17-15-28(16-18-29)19-22-7-3-6-20-5-1-2-8-24(20)22/h1-3,5-12,27H,4,14-19H2. The van der Waals surface area contributed by atoms with Crippen molar-refractivity contribution in [1.29, 1.82) is 5.26 Å². The molecule has 0 aromatic heterocycles. The van der Waals surface area contributed by atoms with Gasteiger partial charge in [-0.15, -0.1) is 0 Å². The second-order valence-corrected chi connectivity index (χ2v) is 9.80. The van der Waals surface area contributed by atoms with Crippen LogP contribution in [0.15, 0.2) is 71.6 Å². The van der Waals surface area contributed by atoms with E-state index in [1.165, 1.54) is 28.5 Å². The lowest BCUT2D eigenvalue weighted by Gasteiger charge is -2.35. The molecule has 1 aliphatic rings. The minimum absolute atomic E-state index is 0.0581. The molecular weight excluding hydrogens is 436 g/mol. The largest absolute Gasteiger partial charge is 0.336 e. The number of nitrogens with zero attached hydrogens (tertiary/aromatic N) is 3. The van der Waals surface area contributed by atoms with E-state index < -0.39 is 10.0 Å². The Morgan fingerprint density at radius 2 is 1.64 bits per heavy atom. The van der Waals surface area contributed by atoms with Crippen LogP contribution in [0.5, 0.6) is 0 Å². The summed E-state index contributed by atoms with van der Waals surface area (Å²) in [6.45, 7) is 3.71. The lowest BCUT2D eigenvalue weighted by atomic mass is 10.0. The molecule has 0 bridgehead atoms. The van der Waals surface area contributed by atoms with Gasteiger partial charge in [0.1, 0.15) is 0 Å². The van der Waals surface area contributed by atoms with Gasteiger partial charge in [0.2, 0.25) is 10.0 Å². The predicted octanol–water partition coefficient (Wildman–Crippen LogP) is 2.99. The van der Waals surface area contributed by atoms with Crippen molar-refractivity contribution in [3.8, 4) is 6.07 Å². The third-order valence-electron chi connectivity index (χ3n) is 5.87. The molecule has 0 atom stereocenters. The number of carbonyl (C=O) groups is 1. The second kappa shape index (κ2) is 10.1. The molecule has 1 heterocycles. The van der Waals surface area contributed by atoms with E-state index in [2.05, 4.69) is 46.0 Å². The first-order valence-electron chi connectivity index (χ1n) is 10.9. The van der Waals surface area contributed by atoms with E-state index in [4.69, 9.17) is 5.26 Å². The van der Waals surface area contributed by atoms with Crippen LogP contribution in [-0.2, 0) is 16.6 Å². The maximum atomic E-state index is 12.9. The highest BCUT2D eigenvalue weighted by Crippen LogP contribution is 2.21. The molecular formula is C25H26N4O3S. The summed E-state index contributed by atoms with van der Waals surface area (Å²) in [6.07, 6.45) is 0.0995. The van der Waals surface area contributed by atoms with Crippen LogP contribution in [-0.4, -0.2) is 56.8 Å². The molecule has 0 unspecified atom stereocenters. The number of carbonyl (C=O) groups excluding carboxylic acids is 1. The SMILES string of the molecule is N#CCCNS(=O)(=O)c1ccc(C(=O)N2CCN(Cc3cccc4ccccc34)CC2)cc1. The van der Waals surface area contributed by atoms with Gasteiger partial charge in [0.25, 0.3) is 5.91 Å². The highest BCUT2D eigenvalue weighted by Gasteiger charge is 2.23. The molecule has 0 saturated carbocycles. The quantitative estimate of drug-likeness (QED) is 0.545. The van der Waals surface area contributed by atoms with Crippen molar-refractivity contribution in [2.45, 2.75) is 17.9 Å². The van der Waals surface area contributed by atoms with E-state index in [0.717, 1.165) is 19.6 Å². The smallest absolute Gasteiger partial charge is 0.253 e. The summed E-state index contributed by atoms with van der Waals surface area (Å²) in [7, 11) is -3.69. The molecule has 0 spiro atoms. The summed E-state index contributed by atoms with van der Waals surface area (Å²) in [5, 5.41) is 11.0. The first-order chi connectivity index (χ1) is 16.0. The number of piperazine rings is 1. The van der Waals surface area contributed by atoms with E-state index in [-0.39, 0.29) is 23.8 Å². The summed E-state index contributed by atoms with van der Waals surface area (Å²) in [6, 6.07) is 22.6. The van der Waals surface area contributed by atoms with Crippen LogP contribution in [0.25, 0.3) is 10.8 Å². The summed E-state index contributed by atoms with van der Waals surface area (Å²) >= 11 is 0. The van der Waals surface area contributed by atoms with Gasteiger partial charge in [-0.1, -0.05) is 42.5 Å². The zero-order valence-electron chi connectivity index (χ0n) is 18.3. The molecule has 1 fully saturated rings. The van der Waals surface area contributed by atoms with E-state index in [0.29, 0.717) is 18.7 Å². The highest BCUT2D eigenvalue weighted by molar-refractivity contribution is 7.89. The lowest BCUT2D eigenvalue weighted by Crippen LogP contribution is -2.48. The normalized spacial score (nSPS) is 14.8. The van der Waals surface area contributed by atoms with E-state index in [9.17, 15) is 13.2 Å². The molecule has 1 amide bonds. The number of sulfonamides is 1. The van der Waals surface area contributed by atoms with Crippen molar-refractivity contribution < 1.29 is 13.2 Å². The fourth-order valence-electron chi connectivity index (χ4n) is 4.06. The van der Waals surface area contributed by atoms with Crippen molar-refractivity contribution >= 4 is 26.7 Å². The number of amides is 1. The molecule has 170 valence electrons. The summed E-state index contributed by atoms with van der Waals surface area (Å²) in [5.41, 5.74) is 1.75. The molecule has 3 aromatic rings. The molecule has 7 nitrogen and oxygen atoms in total. The predicted molar refractivity (Wildman–Crippen MR) is 127 cm³/mol. The third kappa shape index (κ3) is 5.40. The first-order valence-corrected chi connectivity index (χ1v) is 12.4. The molecule has 4 rings (SSSR count). The number of benzene rings is 3. The Morgan fingerprint density at radius 1 is 0.939 bits per heavy atom. The van der Waals surface area contributed by atoms with Crippen LogP contribution in [0.3, 0.4) is 0 Å². The van der Waals surface area contributed by atoms with Gasteiger partial charge in [0, 0.05) is 51.3 Å². The highest BCUT2D eigenvalue weighted by atomic mass is 32.2. The van der Waals surface area contributed by atoms with Gasteiger partial charge in [-0.05, 0) is 40.6 Å². The van der Waals surface area contributed by atoms with Gasteiger partial charge in [-0.3, -0.25) is 9.69 Å². The average molecular weight is 463 g/mol. The Bertz CT molecular complexity index is 1270. The monoisotopic (exact) mass is 462 g/mol. The molecule has 33 heavy (non-hydrogen) atoms. The maximum Gasteiger partial charge on any atom is 0.253 e. The van der Waals surface area contributed by atoms with E-state index in [1.807, 2.05) is 17.0 Å². The van der Waals surface area contributed by atoms with Crippen molar-refractivity contribution in [3.05, 3.63) is 77.9 Å². The van der Waals surface area contributed by atoms with Crippen LogP contribution in [0.1, 0.15) is 22.3 Å². The van der Waals surface area contributed by atoms with Crippen LogP contribution >= 0.6 is 0 Å². The molecule has 0 aliphatic carbocycles. The number of nitrogens with one attached hydrogen (secondary N) is 1. The molecule has 1 aliphatic heterocycles. The lowest BCUT2D eigenvalue weighted by molar-refractivity contribution is 0.0629. The van der Waals surface area contributed by atoms with E-state index in [1.54, 1.807) is 12.1 Å². The number of hydrogen-bond donors (Lipinski definition) is 1. The number of nitriles is 1. The van der Waals surface area contributed by atoms with Gasteiger partial charge in [0.15, 0.2) is 0 Å². The van der Waals surface area contributed by atoms with Crippen LogP contribution < -0.4 is 4.72 Å². The van der Waals surface area contributed by atoms with Crippen molar-refractivity contribution in [3.63, 3.8) is 0 Å². The van der Waals surface area contributed by atoms with Crippen molar-refractivity contribution in [2.24, 2.45) is 0 Å². The van der Waals surface area contributed by atoms with Gasteiger partial charge in [-0.2, -0.15) is 5.26 Å². The zero-order valence-corrected chi connectivity index (χ0v) is 19.1. The van der Waals surface area contributed by atoms with Crippen molar-refractivity contribution in [2.75, 3.05) is 32.7 Å². The Hall–Kier alpha value is -3.25. The van der Waals surface area contributed by atoms with E-state index >= 15 is 0 Å². The van der Waals surface area contributed by atoms with Crippen molar-refractivity contribution in [1.82, 2.24) is 14.5 Å². The maximum absolute atomic E-state index is 12.9. The number of rotatable bonds is 7. The molecule has 8 heteroatoms. The summed E-state index contributed by atoms with van der Waals surface area (Å²) < 4.78 is 26.8. The summed E-state index contributed by atoms with van der Waals surface area (Å²) in [4.78, 5) is 17.2. The Morgan fingerprint density at radius 3 is 2.36 bits per heavy atom.